The number of anilines is 1. The molecule has 1 aromatic carbocycles. The Hall–Kier alpha value is -5.45. The van der Waals surface area contributed by atoms with Crippen LogP contribution in [0.2, 0.25) is 0 Å². The number of piperidine rings is 2. The highest BCUT2D eigenvalue weighted by Gasteiger charge is 2.37. The van der Waals surface area contributed by atoms with E-state index >= 15 is 4.39 Å². The van der Waals surface area contributed by atoms with Crippen LogP contribution in [-0.4, -0.2) is 77.3 Å². The van der Waals surface area contributed by atoms with E-state index in [0.29, 0.717) is 35.4 Å². The molecule has 0 bridgehead atoms. The number of benzene rings is 1. The molecule has 3 amide bonds. The number of hydrogen-bond acceptors (Lipinski definition) is 8. The van der Waals surface area contributed by atoms with Crippen molar-refractivity contribution in [3.05, 3.63) is 82.3 Å². The van der Waals surface area contributed by atoms with Crippen molar-refractivity contribution in [1.29, 1.82) is 0 Å². The van der Waals surface area contributed by atoms with Gasteiger partial charge in [-0.1, -0.05) is 18.2 Å². The highest BCUT2D eigenvalue weighted by molar-refractivity contribution is 6.03. The van der Waals surface area contributed by atoms with E-state index in [1.807, 2.05) is 16.9 Å². The van der Waals surface area contributed by atoms with Gasteiger partial charge in [0.2, 0.25) is 11.8 Å². The topological polar surface area (TPSA) is 149 Å². The first-order valence-electron chi connectivity index (χ1n) is 18.4. The Kier molecular flexibility index (Phi) is 9.51. The Labute approximate surface area is 311 Å². The van der Waals surface area contributed by atoms with Gasteiger partial charge in [0.05, 0.1) is 23.3 Å². The summed E-state index contributed by atoms with van der Waals surface area (Å²) in [5, 5.41) is 10.3. The smallest absolute Gasteiger partial charge is 0.305 e. The second-order valence-electron chi connectivity index (χ2n) is 14.8. The number of para-hydroxylation sites is 1. The number of nitrogens with zero attached hydrogens (tertiary/aromatic N) is 7. The molecule has 2 N–H and O–H groups in total. The normalized spacial score (nSPS) is 24.0. The molecule has 3 atom stereocenters. The molecule has 6 heterocycles. The quantitative estimate of drug-likeness (QED) is 0.168. The lowest BCUT2D eigenvalue weighted by Crippen LogP contribution is -2.44. The van der Waals surface area contributed by atoms with Gasteiger partial charge in [-0.05, 0) is 80.8 Å². The van der Waals surface area contributed by atoms with Crippen LogP contribution in [0.15, 0.2) is 59.7 Å². The number of aryl methyl sites for hydroxylation is 1. The Morgan fingerprint density at radius 2 is 1.80 bits per heavy atom. The Morgan fingerprint density at radius 1 is 1.02 bits per heavy atom. The van der Waals surface area contributed by atoms with Crippen LogP contribution in [0.1, 0.15) is 84.7 Å². The van der Waals surface area contributed by atoms with Crippen LogP contribution in [0, 0.1) is 5.92 Å². The van der Waals surface area contributed by atoms with Crippen molar-refractivity contribution in [3.63, 3.8) is 0 Å². The number of likely N-dealkylation sites (tertiary alicyclic amines) is 1. The van der Waals surface area contributed by atoms with Gasteiger partial charge in [-0.3, -0.25) is 33.5 Å². The first-order valence-corrected chi connectivity index (χ1v) is 18.4. The number of aromatic nitrogens is 6. The maximum Gasteiger partial charge on any atom is 0.433 e. The molecular weight excluding hydrogens is 722 g/mol. The molecule has 3 fully saturated rings. The molecule has 3 aliphatic rings. The maximum absolute atomic E-state index is 16.1. The van der Waals surface area contributed by atoms with E-state index in [1.54, 1.807) is 25.2 Å². The predicted octanol–water partition coefficient (Wildman–Crippen LogP) is 5.29. The average molecular weight is 762 g/mol. The third-order valence-electron chi connectivity index (χ3n) is 11.3. The zero-order valence-electron chi connectivity index (χ0n) is 29.9. The fourth-order valence-corrected chi connectivity index (χ4v) is 8.54. The average Bonchev–Trinajstić information content (AvgIpc) is 3.69. The van der Waals surface area contributed by atoms with Crippen molar-refractivity contribution < 1.29 is 31.9 Å². The lowest BCUT2D eigenvalue weighted by Gasteiger charge is -2.38. The number of pyridine rings is 2. The van der Waals surface area contributed by atoms with Gasteiger partial charge >= 0.3 is 11.9 Å². The summed E-state index contributed by atoms with van der Waals surface area (Å²) < 4.78 is 60.1. The highest BCUT2D eigenvalue weighted by Crippen LogP contribution is 2.38. The molecule has 288 valence electrons. The number of fused-ring (bicyclic) bond motifs is 2. The van der Waals surface area contributed by atoms with Crippen LogP contribution < -0.4 is 16.3 Å². The molecule has 0 radical (unpaired) electrons. The van der Waals surface area contributed by atoms with Crippen molar-refractivity contribution in [3.8, 4) is 0 Å². The van der Waals surface area contributed by atoms with Crippen LogP contribution in [0.5, 0.6) is 0 Å². The molecule has 1 aliphatic carbocycles. The Morgan fingerprint density at radius 3 is 2.55 bits per heavy atom. The molecule has 0 spiro atoms. The lowest BCUT2D eigenvalue weighted by atomic mass is 9.83. The third-order valence-corrected chi connectivity index (χ3v) is 11.3. The first-order chi connectivity index (χ1) is 26.3. The molecule has 55 heavy (non-hydrogen) atoms. The summed E-state index contributed by atoms with van der Waals surface area (Å²) in [5.74, 6) is -1.52. The second kappa shape index (κ2) is 14.3. The van der Waals surface area contributed by atoms with E-state index in [2.05, 4.69) is 25.5 Å². The molecule has 3 unspecified atom stereocenters. The third kappa shape index (κ3) is 7.12. The van der Waals surface area contributed by atoms with Crippen LogP contribution in [0.4, 0.5) is 23.4 Å². The highest BCUT2D eigenvalue weighted by atomic mass is 19.4. The Balaban J connectivity index is 0.872. The molecule has 2 aliphatic heterocycles. The second-order valence-corrected chi connectivity index (χ2v) is 14.8. The summed E-state index contributed by atoms with van der Waals surface area (Å²) >= 11 is 0. The zero-order chi connectivity index (χ0) is 38.6. The molecule has 5 aromatic rings. The van der Waals surface area contributed by atoms with E-state index < -0.39 is 41.8 Å². The molecule has 13 nitrogen and oxygen atoms in total. The number of imidazole rings is 1. The summed E-state index contributed by atoms with van der Waals surface area (Å²) in [7, 11) is 1.64. The van der Waals surface area contributed by atoms with Crippen LogP contribution in [0.3, 0.4) is 0 Å². The van der Waals surface area contributed by atoms with Gasteiger partial charge in [0.25, 0.3) is 5.91 Å². The standard InChI is InChI=1S/C38H39F4N9O4/c1-48-34-25(4-2-6-29(34)51(37(48)55)30-12-13-33(52)46-36(30)54)24-14-15-49(20-26(24)39)18-21-8-10-23(11-9-21)50-19-22-16-32(43-17-28(22)47-50)45-35(53)27-5-3-7-31(44-27)38(40,41)42/h2-7,16-17,19,21,23-24,26,30H,8-15,18,20H2,1H3,(H,45,53)(H,46,52,54). The largest absolute Gasteiger partial charge is 0.433 e. The number of carbonyl (C=O) groups is 3. The van der Waals surface area contributed by atoms with Crippen molar-refractivity contribution in [1.82, 2.24) is 39.1 Å². The summed E-state index contributed by atoms with van der Waals surface area (Å²) in [6.07, 6.45) is 2.18. The summed E-state index contributed by atoms with van der Waals surface area (Å²) in [6.45, 7) is 1.77. The first kappa shape index (κ1) is 36.5. The number of nitrogens with one attached hydrogen (secondary N) is 2. The van der Waals surface area contributed by atoms with Gasteiger partial charge in [0.15, 0.2) is 0 Å². The lowest BCUT2D eigenvalue weighted by molar-refractivity contribution is -0.141. The van der Waals surface area contributed by atoms with Gasteiger partial charge in [-0.25, -0.2) is 19.2 Å². The zero-order valence-corrected chi connectivity index (χ0v) is 29.9. The van der Waals surface area contributed by atoms with Gasteiger partial charge < -0.3 is 10.2 Å². The number of hydrogen-bond donors (Lipinski definition) is 2. The van der Waals surface area contributed by atoms with E-state index in [4.69, 9.17) is 5.10 Å². The predicted molar refractivity (Wildman–Crippen MR) is 193 cm³/mol. The van der Waals surface area contributed by atoms with Crippen LogP contribution >= 0.6 is 0 Å². The molecule has 17 heteroatoms. The minimum Gasteiger partial charge on any atom is -0.305 e. The number of imide groups is 1. The number of rotatable bonds is 7. The van der Waals surface area contributed by atoms with Crippen LogP contribution in [-0.2, 0) is 22.8 Å². The minimum atomic E-state index is -4.67. The van der Waals surface area contributed by atoms with E-state index in [9.17, 15) is 32.3 Å². The number of carbonyl (C=O) groups excluding carboxylic acids is 3. The SMILES string of the molecule is Cn1c(=O)n(C2CCC(=O)NC2=O)c2cccc(C3CCN(CC4CCC(n5cc6cc(NC(=O)c7cccc(C(F)(F)F)n7)ncc6n5)CC4)CC3F)c21. The minimum absolute atomic E-state index is 0.143. The monoisotopic (exact) mass is 761 g/mol. The van der Waals surface area contributed by atoms with Crippen molar-refractivity contribution in [2.24, 2.45) is 13.0 Å². The molecule has 4 aromatic heterocycles. The van der Waals surface area contributed by atoms with Crippen molar-refractivity contribution in [2.75, 3.05) is 25.0 Å². The summed E-state index contributed by atoms with van der Waals surface area (Å²) in [4.78, 5) is 60.3. The van der Waals surface area contributed by atoms with Gasteiger partial charge in [0.1, 0.15) is 34.9 Å². The maximum atomic E-state index is 16.1. The van der Waals surface area contributed by atoms with Crippen molar-refractivity contribution >= 4 is 45.5 Å². The fourth-order valence-electron chi connectivity index (χ4n) is 8.54. The number of amides is 3. The van der Waals surface area contributed by atoms with Gasteiger partial charge in [-0.15, -0.1) is 0 Å². The van der Waals surface area contributed by atoms with Gasteiger partial charge in [-0.2, -0.15) is 18.3 Å². The summed E-state index contributed by atoms with van der Waals surface area (Å²) in [6, 6.07) is 9.54. The number of halogens is 4. The molecule has 8 rings (SSSR count). The van der Waals surface area contributed by atoms with E-state index in [1.165, 1.54) is 21.4 Å². The molecule has 2 saturated heterocycles. The van der Waals surface area contributed by atoms with Crippen molar-refractivity contribution in [2.45, 2.75) is 75.3 Å². The van der Waals surface area contributed by atoms with E-state index in [0.717, 1.165) is 55.3 Å². The van der Waals surface area contributed by atoms with Gasteiger partial charge in [0, 0.05) is 44.1 Å². The van der Waals surface area contributed by atoms with E-state index in [-0.39, 0.29) is 48.5 Å². The number of alkyl halides is 4. The van der Waals surface area contributed by atoms with Crippen LogP contribution in [0.25, 0.3) is 21.9 Å². The fraction of sp³-hybridized carbons (Fsp3) is 0.447. The molecular formula is C38H39F4N9O4. The summed E-state index contributed by atoms with van der Waals surface area (Å²) in [5.41, 5.74) is 0.650. The Bertz CT molecular complexity index is 2360. The molecule has 1 saturated carbocycles.